The van der Waals surface area contributed by atoms with Crippen LogP contribution in [0.25, 0.3) is 0 Å². The van der Waals surface area contributed by atoms with Crippen LogP contribution in [0.2, 0.25) is 5.02 Å². The van der Waals surface area contributed by atoms with E-state index in [4.69, 9.17) is 16.3 Å². The minimum absolute atomic E-state index is 0.0205. The summed E-state index contributed by atoms with van der Waals surface area (Å²) in [5.41, 5.74) is 1.11. The van der Waals surface area contributed by atoms with Gasteiger partial charge in [-0.3, -0.25) is 4.79 Å². The van der Waals surface area contributed by atoms with Gasteiger partial charge in [0.2, 0.25) is 0 Å². The molecule has 0 N–H and O–H groups in total. The van der Waals surface area contributed by atoms with E-state index in [-0.39, 0.29) is 18.6 Å². The molecule has 0 spiro atoms. The molecule has 0 unspecified atom stereocenters. The second-order valence-electron chi connectivity index (χ2n) is 5.34. The van der Waals surface area contributed by atoms with Gasteiger partial charge in [-0.25, -0.2) is 0 Å². The van der Waals surface area contributed by atoms with Crippen LogP contribution in [0.4, 0.5) is 0 Å². The lowest BCUT2D eigenvalue weighted by atomic mass is 10.2. The maximum Gasteiger partial charge on any atom is 0.261 e. The summed E-state index contributed by atoms with van der Waals surface area (Å²) >= 11 is 5.83. The molecule has 22 heavy (non-hydrogen) atoms. The van der Waals surface area contributed by atoms with Crippen molar-refractivity contribution in [3.63, 3.8) is 0 Å². The largest absolute Gasteiger partial charge is 0.484 e. The molecule has 0 aliphatic heterocycles. The highest BCUT2D eigenvalue weighted by molar-refractivity contribution is 6.30. The first-order chi connectivity index (χ1) is 10.6. The monoisotopic (exact) mass is 317 g/mol. The minimum atomic E-state index is -0.0335. The number of ether oxygens (including phenoxy) is 1. The first-order valence-electron chi connectivity index (χ1n) is 7.28. The molecule has 2 rings (SSSR count). The van der Waals surface area contributed by atoms with Gasteiger partial charge >= 0.3 is 0 Å². The zero-order chi connectivity index (χ0) is 15.9. The fourth-order valence-corrected chi connectivity index (χ4v) is 2.22. The highest BCUT2D eigenvalue weighted by Crippen LogP contribution is 2.16. The van der Waals surface area contributed by atoms with Crippen LogP contribution < -0.4 is 4.74 Å². The molecule has 0 heterocycles. The van der Waals surface area contributed by atoms with E-state index in [0.717, 1.165) is 5.56 Å². The van der Waals surface area contributed by atoms with E-state index in [1.165, 1.54) is 0 Å². The van der Waals surface area contributed by atoms with Gasteiger partial charge in [-0.2, -0.15) is 0 Å². The standard InChI is InChI=1S/C18H20ClNO2/c1-14(2)20(12-15-6-4-3-5-7-15)18(21)13-22-17-10-8-16(19)9-11-17/h3-11,14H,12-13H2,1-2H3. The Morgan fingerprint density at radius 1 is 1.09 bits per heavy atom. The maximum absolute atomic E-state index is 12.4. The van der Waals surface area contributed by atoms with Crippen molar-refractivity contribution in [2.45, 2.75) is 26.4 Å². The fraction of sp³-hybridized carbons (Fsp3) is 0.278. The van der Waals surface area contributed by atoms with Crippen LogP contribution in [0, 0.1) is 0 Å². The van der Waals surface area contributed by atoms with Crippen molar-refractivity contribution in [2.75, 3.05) is 6.61 Å². The van der Waals surface area contributed by atoms with E-state index in [1.54, 1.807) is 24.3 Å². The smallest absolute Gasteiger partial charge is 0.261 e. The van der Waals surface area contributed by atoms with Crippen LogP contribution in [0.5, 0.6) is 5.75 Å². The van der Waals surface area contributed by atoms with Crippen LogP contribution in [-0.4, -0.2) is 23.5 Å². The molecule has 0 aliphatic carbocycles. The molecule has 0 radical (unpaired) electrons. The van der Waals surface area contributed by atoms with Crippen molar-refractivity contribution in [3.05, 3.63) is 65.2 Å². The Balaban J connectivity index is 1.96. The summed E-state index contributed by atoms with van der Waals surface area (Å²) < 4.78 is 5.54. The molecule has 0 aromatic heterocycles. The number of hydrogen-bond donors (Lipinski definition) is 0. The lowest BCUT2D eigenvalue weighted by Gasteiger charge is -2.27. The van der Waals surface area contributed by atoms with Crippen molar-refractivity contribution in [1.82, 2.24) is 4.90 Å². The fourth-order valence-electron chi connectivity index (χ4n) is 2.10. The molecule has 0 atom stereocenters. The lowest BCUT2D eigenvalue weighted by Crippen LogP contribution is -2.39. The van der Waals surface area contributed by atoms with Gasteiger partial charge < -0.3 is 9.64 Å². The van der Waals surface area contributed by atoms with Gasteiger partial charge in [0.05, 0.1) is 0 Å². The molecule has 0 saturated carbocycles. The van der Waals surface area contributed by atoms with Gasteiger partial charge in [0.1, 0.15) is 5.75 Å². The van der Waals surface area contributed by atoms with Gasteiger partial charge in [-0.05, 0) is 43.7 Å². The molecule has 0 aliphatic rings. The highest BCUT2D eigenvalue weighted by Gasteiger charge is 2.17. The molecular formula is C18H20ClNO2. The van der Waals surface area contributed by atoms with Crippen molar-refractivity contribution < 1.29 is 9.53 Å². The summed E-state index contributed by atoms with van der Waals surface area (Å²) in [6.07, 6.45) is 0. The van der Waals surface area contributed by atoms with Gasteiger partial charge in [0.15, 0.2) is 6.61 Å². The summed E-state index contributed by atoms with van der Waals surface area (Å²) in [7, 11) is 0. The number of carbonyl (C=O) groups excluding carboxylic acids is 1. The molecular weight excluding hydrogens is 298 g/mol. The number of carbonyl (C=O) groups is 1. The Hall–Kier alpha value is -2.00. The first kappa shape index (κ1) is 16.4. The predicted octanol–water partition coefficient (Wildman–Crippen LogP) is 4.16. The summed E-state index contributed by atoms with van der Waals surface area (Å²) in [5.74, 6) is 0.606. The topological polar surface area (TPSA) is 29.5 Å². The molecule has 116 valence electrons. The summed E-state index contributed by atoms with van der Waals surface area (Å²) in [5, 5.41) is 0.645. The Morgan fingerprint density at radius 2 is 1.73 bits per heavy atom. The molecule has 4 heteroatoms. The van der Waals surface area contributed by atoms with Gasteiger partial charge in [0, 0.05) is 17.6 Å². The Bertz CT molecular complexity index is 596. The number of halogens is 1. The highest BCUT2D eigenvalue weighted by atomic mass is 35.5. The molecule has 1 amide bonds. The third-order valence-corrected chi connectivity index (χ3v) is 3.57. The van der Waals surface area contributed by atoms with Crippen LogP contribution in [0.1, 0.15) is 19.4 Å². The number of benzene rings is 2. The summed E-state index contributed by atoms with van der Waals surface area (Å²) in [6.45, 7) is 4.61. The average molecular weight is 318 g/mol. The molecule has 3 nitrogen and oxygen atoms in total. The molecule has 0 saturated heterocycles. The van der Waals surface area contributed by atoms with Crippen LogP contribution in [-0.2, 0) is 11.3 Å². The van der Waals surface area contributed by atoms with Crippen LogP contribution in [0.15, 0.2) is 54.6 Å². The average Bonchev–Trinajstić information content (AvgIpc) is 2.52. The zero-order valence-corrected chi connectivity index (χ0v) is 13.6. The number of amides is 1. The van der Waals surface area contributed by atoms with E-state index in [9.17, 15) is 4.79 Å². The van der Waals surface area contributed by atoms with Gasteiger partial charge in [0.25, 0.3) is 5.91 Å². The van der Waals surface area contributed by atoms with Crippen molar-refractivity contribution in [2.24, 2.45) is 0 Å². The third kappa shape index (κ3) is 4.78. The van der Waals surface area contributed by atoms with E-state index in [0.29, 0.717) is 17.3 Å². The first-order valence-corrected chi connectivity index (χ1v) is 7.66. The Morgan fingerprint density at radius 3 is 2.32 bits per heavy atom. The van der Waals surface area contributed by atoms with Gasteiger partial charge in [-0.1, -0.05) is 41.9 Å². The third-order valence-electron chi connectivity index (χ3n) is 3.32. The summed E-state index contributed by atoms with van der Waals surface area (Å²) in [6, 6.07) is 17.1. The zero-order valence-electron chi connectivity index (χ0n) is 12.8. The Kier molecular flexibility index (Phi) is 5.84. The second kappa shape index (κ2) is 7.85. The van der Waals surface area contributed by atoms with E-state index in [1.807, 2.05) is 49.1 Å². The molecule has 2 aromatic carbocycles. The predicted molar refractivity (Wildman–Crippen MR) is 89.1 cm³/mol. The lowest BCUT2D eigenvalue weighted by molar-refractivity contribution is -0.135. The normalized spacial score (nSPS) is 10.5. The van der Waals surface area contributed by atoms with Crippen molar-refractivity contribution in [3.8, 4) is 5.75 Å². The second-order valence-corrected chi connectivity index (χ2v) is 5.78. The van der Waals surface area contributed by atoms with Crippen LogP contribution >= 0.6 is 11.6 Å². The van der Waals surface area contributed by atoms with E-state index in [2.05, 4.69) is 0 Å². The van der Waals surface area contributed by atoms with E-state index < -0.39 is 0 Å². The maximum atomic E-state index is 12.4. The number of nitrogens with zero attached hydrogens (tertiary/aromatic N) is 1. The number of hydrogen-bond acceptors (Lipinski definition) is 2. The van der Waals surface area contributed by atoms with Crippen LogP contribution in [0.3, 0.4) is 0 Å². The van der Waals surface area contributed by atoms with Gasteiger partial charge in [-0.15, -0.1) is 0 Å². The Labute approximate surface area is 136 Å². The molecule has 0 bridgehead atoms. The number of rotatable bonds is 6. The summed E-state index contributed by atoms with van der Waals surface area (Å²) in [4.78, 5) is 14.2. The molecule has 0 fully saturated rings. The van der Waals surface area contributed by atoms with E-state index >= 15 is 0 Å². The van der Waals surface area contributed by atoms with Crippen molar-refractivity contribution in [1.29, 1.82) is 0 Å². The molecule has 2 aromatic rings. The quantitative estimate of drug-likeness (QED) is 0.800. The SMILES string of the molecule is CC(C)N(Cc1ccccc1)C(=O)COc1ccc(Cl)cc1. The van der Waals surface area contributed by atoms with Crippen molar-refractivity contribution >= 4 is 17.5 Å². The minimum Gasteiger partial charge on any atom is -0.484 e.